The molecule has 3 aliphatic rings. The Balaban J connectivity index is 1.27. The largest absolute Gasteiger partial charge is 0.342 e. The predicted octanol–water partition coefficient (Wildman–Crippen LogP) is 3.29. The maximum absolute atomic E-state index is 12.8. The molecule has 1 aromatic carbocycles. The Bertz CT molecular complexity index is 632. The fourth-order valence-corrected chi connectivity index (χ4v) is 5.25. The third-order valence-electron chi connectivity index (χ3n) is 6.78. The number of nitrogens with zero attached hydrogens (tertiary/aromatic N) is 3. The number of amides is 1. The van der Waals surface area contributed by atoms with Crippen molar-refractivity contribution >= 4 is 5.91 Å². The number of benzene rings is 1. The Hall–Kier alpha value is -1.39. The van der Waals surface area contributed by atoms with Gasteiger partial charge in [-0.25, -0.2) is 0 Å². The van der Waals surface area contributed by atoms with E-state index in [2.05, 4.69) is 45.9 Å². The van der Waals surface area contributed by atoms with Crippen molar-refractivity contribution in [2.24, 2.45) is 5.92 Å². The van der Waals surface area contributed by atoms with E-state index in [0.717, 1.165) is 32.6 Å². The Labute approximate surface area is 164 Å². The molecule has 1 amide bonds. The van der Waals surface area contributed by atoms with Gasteiger partial charge in [-0.1, -0.05) is 29.8 Å². The van der Waals surface area contributed by atoms with Crippen molar-refractivity contribution in [3.63, 3.8) is 0 Å². The van der Waals surface area contributed by atoms with Gasteiger partial charge in [0.05, 0.1) is 5.92 Å². The zero-order valence-corrected chi connectivity index (χ0v) is 16.9. The number of hydrogen-bond acceptors (Lipinski definition) is 3. The number of piperidine rings is 2. The molecule has 148 valence electrons. The van der Waals surface area contributed by atoms with Gasteiger partial charge in [-0.05, 0) is 70.6 Å². The fraction of sp³-hybridized carbons (Fsp3) is 0.696. The highest BCUT2D eigenvalue weighted by molar-refractivity contribution is 5.79. The zero-order chi connectivity index (χ0) is 18.6. The van der Waals surface area contributed by atoms with Crippen LogP contribution < -0.4 is 0 Å². The van der Waals surface area contributed by atoms with Gasteiger partial charge in [0.1, 0.15) is 0 Å². The Morgan fingerprint density at radius 3 is 2.52 bits per heavy atom. The summed E-state index contributed by atoms with van der Waals surface area (Å²) in [5.74, 6) is 0.691. The Morgan fingerprint density at radius 2 is 1.78 bits per heavy atom. The van der Waals surface area contributed by atoms with Gasteiger partial charge in [-0.15, -0.1) is 0 Å². The summed E-state index contributed by atoms with van der Waals surface area (Å²) in [5, 5.41) is 0. The summed E-state index contributed by atoms with van der Waals surface area (Å²) in [6, 6.07) is 9.58. The topological polar surface area (TPSA) is 26.8 Å². The van der Waals surface area contributed by atoms with Gasteiger partial charge < -0.3 is 4.90 Å². The molecule has 1 aromatic rings. The molecule has 3 fully saturated rings. The monoisotopic (exact) mass is 369 g/mol. The molecule has 1 atom stereocenters. The van der Waals surface area contributed by atoms with Crippen molar-refractivity contribution < 1.29 is 4.79 Å². The van der Waals surface area contributed by atoms with E-state index < -0.39 is 0 Å². The third kappa shape index (κ3) is 4.72. The third-order valence-corrected chi connectivity index (χ3v) is 6.78. The molecule has 4 heteroatoms. The predicted molar refractivity (Wildman–Crippen MR) is 110 cm³/mol. The van der Waals surface area contributed by atoms with E-state index in [1.165, 1.54) is 62.9 Å². The molecule has 0 spiro atoms. The van der Waals surface area contributed by atoms with Crippen LogP contribution in [0.25, 0.3) is 0 Å². The van der Waals surface area contributed by atoms with Crippen molar-refractivity contribution in [2.45, 2.75) is 58.0 Å². The minimum atomic E-state index is 0.252. The maximum Gasteiger partial charge on any atom is 0.226 e. The number of aryl methyl sites for hydroxylation is 1. The lowest BCUT2D eigenvalue weighted by molar-refractivity contribution is -0.136. The summed E-state index contributed by atoms with van der Waals surface area (Å²) < 4.78 is 0. The van der Waals surface area contributed by atoms with Crippen LogP contribution in [-0.2, 0) is 11.3 Å². The second-order valence-corrected chi connectivity index (χ2v) is 8.86. The van der Waals surface area contributed by atoms with Gasteiger partial charge in [0, 0.05) is 32.2 Å². The average molecular weight is 370 g/mol. The smallest absolute Gasteiger partial charge is 0.226 e. The van der Waals surface area contributed by atoms with Crippen LogP contribution >= 0.6 is 0 Å². The molecule has 0 aliphatic carbocycles. The number of carbonyl (C=O) groups is 1. The molecule has 27 heavy (non-hydrogen) atoms. The van der Waals surface area contributed by atoms with Crippen LogP contribution in [-0.4, -0.2) is 65.9 Å². The van der Waals surface area contributed by atoms with Gasteiger partial charge in [0.25, 0.3) is 0 Å². The normalized spacial score (nSPS) is 25.8. The molecule has 3 aliphatic heterocycles. The quantitative estimate of drug-likeness (QED) is 0.815. The first-order chi connectivity index (χ1) is 13.2. The summed E-state index contributed by atoms with van der Waals surface area (Å²) in [7, 11) is 0. The van der Waals surface area contributed by atoms with E-state index in [1.54, 1.807) is 0 Å². The lowest BCUT2D eigenvalue weighted by Crippen LogP contribution is -2.51. The number of hydrogen-bond donors (Lipinski definition) is 0. The van der Waals surface area contributed by atoms with Crippen molar-refractivity contribution in [1.29, 1.82) is 0 Å². The first kappa shape index (κ1) is 18.9. The lowest BCUT2D eigenvalue weighted by atomic mass is 9.93. The molecule has 0 radical (unpaired) electrons. The van der Waals surface area contributed by atoms with E-state index in [0.29, 0.717) is 11.9 Å². The van der Waals surface area contributed by atoms with Gasteiger partial charge in [-0.3, -0.25) is 14.6 Å². The minimum absolute atomic E-state index is 0.252. The molecule has 0 N–H and O–H groups in total. The van der Waals surface area contributed by atoms with Crippen LogP contribution in [0.1, 0.15) is 49.7 Å². The molecule has 0 saturated carbocycles. The highest BCUT2D eigenvalue weighted by Crippen LogP contribution is 2.26. The number of carbonyl (C=O) groups excluding carboxylic acids is 1. The van der Waals surface area contributed by atoms with Crippen molar-refractivity contribution in [3.05, 3.63) is 35.4 Å². The summed E-state index contributed by atoms with van der Waals surface area (Å²) in [5.41, 5.74) is 2.78. The van der Waals surface area contributed by atoms with E-state index in [-0.39, 0.29) is 5.92 Å². The van der Waals surface area contributed by atoms with Crippen LogP contribution in [0.15, 0.2) is 24.3 Å². The van der Waals surface area contributed by atoms with Crippen molar-refractivity contribution in [2.75, 3.05) is 39.3 Å². The van der Waals surface area contributed by atoms with Gasteiger partial charge in [0.2, 0.25) is 5.91 Å². The molecule has 3 heterocycles. The van der Waals surface area contributed by atoms with Crippen molar-refractivity contribution in [3.8, 4) is 0 Å². The van der Waals surface area contributed by atoms with Crippen LogP contribution in [0.5, 0.6) is 0 Å². The fourth-order valence-electron chi connectivity index (χ4n) is 5.25. The number of rotatable bonds is 4. The molecule has 0 unspecified atom stereocenters. The van der Waals surface area contributed by atoms with E-state index in [1.807, 2.05) is 0 Å². The van der Waals surface area contributed by atoms with E-state index in [4.69, 9.17) is 0 Å². The zero-order valence-electron chi connectivity index (χ0n) is 16.9. The second-order valence-electron chi connectivity index (χ2n) is 8.86. The Kier molecular flexibility index (Phi) is 6.14. The first-order valence-corrected chi connectivity index (χ1v) is 11.0. The highest BCUT2D eigenvalue weighted by atomic mass is 16.2. The summed E-state index contributed by atoms with van der Waals surface area (Å²) in [6.07, 6.45) is 7.17. The first-order valence-electron chi connectivity index (χ1n) is 11.0. The van der Waals surface area contributed by atoms with E-state index in [9.17, 15) is 4.79 Å². The van der Waals surface area contributed by atoms with Crippen LogP contribution in [0, 0.1) is 12.8 Å². The molecule has 0 aromatic heterocycles. The Morgan fingerprint density at radius 1 is 1.00 bits per heavy atom. The molecule has 4 rings (SSSR count). The second kappa shape index (κ2) is 8.74. The van der Waals surface area contributed by atoms with Gasteiger partial charge in [0.15, 0.2) is 0 Å². The molecule has 3 saturated heterocycles. The summed E-state index contributed by atoms with van der Waals surface area (Å²) in [4.78, 5) is 20.2. The summed E-state index contributed by atoms with van der Waals surface area (Å²) in [6.45, 7) is 9.78. The molecular formula is C23H35N3O. The van der Waals surface area contributed by atoms with Crippen LogP contribution in [0.3, 0.4) is 0 Å². The average Bonchev–Trinajstić information content (AvgIpc) is 3.23. The standard InChI is InChI=1S/C23H35N3O/c1-19-6-4-7-20(16-19)17-24-14-9-22(10-15-24)26-13-5-8-21(18-26)23(27)25-11-2-3-12-25/h4,6-7,16,21-22H,2-3,5,8-15,17-18H2,1H3/t21-/m1/s1. The van der Waals surface area contributed by atoms with Crippen LogP contribution in [0.2, 0.25) is 0 Å². The van der Waals surface area contributed by atoms with Crippen LogP contribution in [0.4, 0.5) is 0 Å². The van der Waals surface area contributed by atoms with Gasteiger partial charge >= 0.3 is 0 Å². The van der Waals surface area contributed by atoms with Crippen molar-refractivity contribution in [1.82, 2.24) is 14.7 Å². The molecule has 0 bridgehead atoms. The number of likely N-dealkylation sites (tertiary alicyclic amines) is 3. The van der Waals surface area contributed by atoms with E-state index >= 15 is 0 Å². The minimum Gasteiger partial charge on any atom is -0.342 e. The lowest BCUT2D eigenvalue weighted by Gasteiger charge is -2.42. The molecular weight excluding hydrogens is 334 g/mol. The SMILES string of the molecule is Cc1cccc(CN2CCC(N3CCC[C@@H](C(=O)N4CCCC4)C3)CC2)c1. The summed E-state index contributed by atoms with van der Waals surface area (Å²) >= 11 is 0. The highest BCUT2D eigenvalue weighted by Gasteiger charge is 2.34. The maximum atomic E-state index is 12.8. The molecule has 4 nitrogen and oxygen atoms in total. The van der Waals surface area contributed by atoms with Gasteiger partial charge in [-0.2, -0.15) is 0 Å².